The van der Waals surface area contributed by atoms with E-state index in [4.69, 9.17) is 4.74 Å². The van der Waals surface area contributed by atoms with Gasteiger partial charge in [0.25, 0.3) is 0 Å². The number of nitrogens with one attached hydrogen (secondary N) is 3. The first kappa shape index (κ1) is 27.5. The second kappa shape index (κ2) is 12.9. The summed E-state index contributed by atoms with van der Waals surface area (Å²) in [6, 6.07) is 6.25. The first-order valence-electron chi connectivity index (χ1n) is 10.0. The van der Waals surface area contributed by atoms with Gasteiger partial charge in [-0.2, -0.15) is 0 Å². The third kappa shape index (κ3) is 9.69. The Hall–Kier alpha value is -1.51. The lowest BCUT2D eigenvalue weighted by Crippen LogP contribution is -2.47. The molecule has 0 saturated carbocycles. The molecule has 0 spiro atoms. The van der Waals surface area contributed by atoms with Gasteiger partial charge in [0.2, 0.25) is 5.91 Å². The molecular weight excluding hydrogens is 479 g/mol. The van der Waals surface area contributed by atoms with E-state index in [9.17, 15) is 4.79 Å². The minimum Gasteiger partial charge on any atom is -0.490 e. The molecule has 0 aliphatic rings. The number of benzene rings is 1. The van der Waals surface area contributed by atoms with Crippen molar-refractivity contribution in [2.24, 2.45) is 16.3 Å². The first-order valence-corrected chi connectivity index (χ1v) is 10.0. The maximum absolute atomic E-state index is 11.9. The number of rotatable bonds is 9. The van der Waals surface area contributed by atoms with Crippen LogP contribution in [0.2, 0.25) is 0 Å². The SMILES string of the molecule is CN=C(NCc1ccc(C)cc1OC(C)CC(C)C)NCC(C)(C)C(=O)NC.I. The number of carbonyl (C=O) groups is 1. The van der Waals surface area contributed by atoms with Gasteiger partial charge in [0.1, 0.15) is 5.75 Å². The number of nitrogens with zero attached hydrogens (tertiary/aromatic N) is 1. The Morgan fingerprint density at radius 2 is 1.86 bits per heavy atom. The van der Waals surface area contributed by atoms with E-state index in [1.807, 2.05) is 13.8 Å². The van der Waals surface area contributed by atoms with Crippen LogP contribution in [0.25, 0.3) is 0 Å². The van der Waals surface area contributed by atoms with Crippen molar-refractivity contribution in [3.63, 3.8) is 0 Å². The number of hydrogen-bond acceptors (Lipinski definition) is 3. The second-order valence-electron chi connectivity index (χ2n) is 8.41. The van der Waals surface area contributed by atoms with Gasteiger partial charge in [0.05, 0.1) is 11.5 Å². The Bertz CT molecular complexity index is 675. The van der Waals surface area contributed by atoms with Crippen LogP contribution in [0.5, 0.6) is 5.75 Å². The van der Waals surface area contributed by atoms with Crippen molar-refractivity contribution in [2.75, 3.05) is 20.6 Å². The maximum atomic E-state index is 11.9. The first-order chi connectivity index (χ1) is 13.1. The minimum atomic E-state index is -0.531. The highest BCUT2D eigenvalue weighted by Crippen LogP contribution is 2.23. The molecule has 0 radical (unpaired) electrons. The quantitative estimate of drug-likeness (QED) is 0.264. The standard InChI is InChI=1S/C22H38N4O2.HI/c1-15(2)11-17(4)28-19-12-16(3)9-10-18(19)13-25-21(24-8)26-14-22(5,6)20(27)23-7;/h9-10,12,15,17H,11,13-14H2,1-8H3,(H,23,27)(H2,24,25,26);1H. The van der Waals surface area contributed by atoms with E-state index >= 15 is 0 Å². The number of aryl methyl sites for hydroxylation is 1. The molecule has 1 aromatic carbocycles. The summed E-state index contributed by atoms with van der Waals surface area (Å²) in [5.74, 6) is 2.14. The molecule has 0 saturated heterocycles. The van der Waals surface area contributed by atoms with Gasteiger partial charge in [-0.05, 0) is 51.7 Å². The van der Waals surface area contributed by atoms with E-state index < -0.39 is 5.41 Å². The summed E-state index contributed by atoms with van der Waals surface area (Å²) in [6.07, 6.45) is 1.17. The maximum Gasteiger partial charge on any atom is 0.227 e. The monoisotopic (exact) mass is 518 g/mol. The number of hydrogen-bond donors (Lipinski definition) is 3. The highest BCUT2D eigenvalue weighted by Gasteiger charge is 2.26. The molecule has 0 fully saturated rings. The lowest BCUT2D eigenvalue weighted by Gasteiger charge is -2.24. The molecule has 166 valence electrons. The fourth-order valence-corrected chi connectivity index (χ4v) is 2.97. The Morgan fingerprint density at radius 1 is 1.21 bits per heavy atom. The lowest BCUT2D eigenvalue weighted by atomic mass is 9.92. The molecule has 1 aromatic rings. The van der Waals surface area contributed by atoms with Crippen LogP contribution in [0.1, 0.15) is 52.2 Å². The highest BCUT2D eigenvalue weighted by molar-refractivity contribution is 14.0. The van der Waals surface area contributed by atoms with Crippen molar-refractivity contribution in [1.82, 2.24) is 16.0 Å². The van der Waals surface area contributed by atoms with Crippen LogP contribution in [0.3, 0.4) is 0 Å². The molecule has 1 unspecified atom stereocenters. The van der Waals surface area contributed by atoms with Crippen molar-refractivity contribution in [3.8, 4) is 5.75 Å². The van der Waals surface area contributed by atoms with Gasteiger partial charge in [0, 0.05) is 32.7 Å². The number of carbonyl (C=O) groups excluding carboxylic acids is 1. The Kier molecular flexibility index (Phi) is 12.3. The predicted octanol–water partition coefficient (Wildman–Crippen LogP) is 3.86. The van der Waals surface area contributed by atoms with Gasteiger partial charge in [0.15, 0.2) is 5.96 Å². The highest BCUT2D eigenvalue weighted by atomic mass is 127. The topological polar surface area (TPSA) is 74.8 Å². The number of ether oxygens (including phenoxy) is 1. The summed E-state index contributed by atoms with van der Waals surface area (Å²) in [7, 11) is 3.37. The van der Waals surface area contributed by atoms with Crippen molar-refractivity contribution < 1.29 is 9.53 Å². The van der Waals surface area contributed by atoms with Crippen LogP contribution >= 0.6 is 24.0 Å². The normalized spacial score (nSPS) is 12.8. The zero-order valence-electron chi connectivity index (χ0n) is 19.2. The third-order valence-corrected chi connectivity index (χ3v) is 4.56. The van der Waals surface area contributed by atoms with Crippen LogP contribution in [-0.4, -0.2) is 38.6 Å². The predicted molar refractivity (Wildman–Crippen MR) is 132 cm³/mol. The molecule has 29 heavy (non-hydrogen) atoms. The number of aliphatic imine (C=N–C) groups is 1. The van der Waals surface area contributed by atoms with Crippen molar-refractivity contribution in [2.45, 2.75) is 60.6 Å². The number of guanidine groups is 1. The molecule has 0 bridgehead atoms. The molecule has 1 amide bonds. The van der Waals surface area contributed by atoms with Crippen LogP contribution in [0, 0.1) is 18.3 Å². The van der Waals surface area contributed by atoms with E-state index in [-0.39, 0.29) is 36.0 Å². The zero-order chi connectivity index (χ0) is 21.3. The lowest BCUT2D eigenvalue weighted by molar-refractivity contribution is -0.128. The van der Waals surface area contributed by atoms with E-state index in [2.05, 4.69) is 66.8 Å². The smallest absolute Gasteiger partial charge is 0.227 e. The molecule has 1 rings (SSSR count). The summed E-state index contributed by atoms with van der Waals surface area (Å²) in [5, 5.41) is 9.24. The average molecular weight is 518 g/mol. The van der Waals surface area contributed by atoms with Gasteiger partial charge in [-0.25, -0.2) is 0 Å². The van der Waals surface area contributed by atoms with Crippen LogP contribution in [0.15, 0.2) is 23.2 Å². The largest absolute Gasteiger partial charge is 0.490 e. The molecule has 6 nitrogen and oxygen atoms in total. The summed E-state index contributed by atoms with van der Waals surface area (Å²) < 4.78 is 6.21. The Labute approximate surface area is 193 Å². The second-order valence-corrected chi connectivity index (χ2v) is 8.41. The van der Waals surface area contributed by atoms with Crippen molar-refractivity contribution in [1.29, 1.82) is 0 Å². The molecule has 0 aliphatic carbocycles. The molecule has 0 heterocycles. The fourth-order valence-electron chi connectivity index (χ4n) is 2.97. The molecule has 3 N–H and O–H groups in total. The third-order valence-electron chi connectivity index (χ3n) is 4.56. The van der Waals surface area contributed by atoms with Crippen molar-refractivity contribution >= 4 is 35.8 Å². The Balaban J connectivity index is 0.00000784. The summed E-state index contributed by atoms with van der Waals surface area (Å²) >= 11 is 0. The van der Waals surface area contributed by atoms with E-state index in [1.165, 1.54) is 5.56 Å². The Morgan fingerprint density at radius 3 is 2.41 bits per heavy atom. The van der Waals surface area contributed by atoms with Gasteiger partial charge < -0.3 is 20.7 Å². The minimum absolute atomic E-state index is 0. The molecule has 1 atom stereocenters. The molecule has 0 aliphatic heterocycles. The summed E-state index contributed by atoms with van der Waals surface area (Å²) in [4.78, 5) is 16.2. The van der Waals surface area contributed by atoms with Gasteiger partial charge in [-0.3, -0.25) is 9.79 Å². The van der Waals surface area contributed by atoms with Crippen LogP contribution in [0.4, 0.5) is 0 Å². The van der Waals surface area contributed by atoms with Gasteiger partial charge >= 0.3 is 0 Å². The fraction of sp³-hybridized carbons (Fsp3) is 0.636. The summed E-state index contributed by atoms with van der Waals surface area (Å²) in [6.45, 7) is 13.4. The van der Waals surface area contributed by atoms with E-state index in [0.29, 0.717) is 25.0 Å². The number of amides is 1. The van der Waals surface area contributed by atoms with E-state index in [1.54, 1.807) is 14.1 Å². The van der Waals surface area contributed by atoms with Crippen molar-refractivity contribution in [3.05, 3.63) is 29.3 Å². The molecule has 7 heteroatoms. The van der Waals surface area contributed by atoms with E-state index in [0.717, 1.165) is 17.7 Å². The van der Waals surface area contributed by atoms with Crippen LogP contribution < -0.4 is 20.7 Å². The van der Waals surface area contributed by atoms with Crippen LogP contribution in [-0.2, 0) is 11.3 Å². The van der Waals surface area contributed by atoms with Gasteiger partial charge in [-0.15, -0.1) is 24.0 Å². The zero-order valence-corrected chi connectivity index (χ0v) is 21.5. The number of halogens is 1. The average Bonchev–Trinajstić information content (AvgIpc) is 2.61. The molecule has 0 aromatic heterocycles. The summed E-state index contributed by atoms with van der Waals surface area (Å²) in [5.41, 5.74) is 1.72. The molecular formula is C22H39IN4O2. The van der Waals surface area contributed by atoms with Gasteiger partial charge in [-0.1, -0.05) is 26.0 Å².